The highest BCUT2D eigenvalue weighted by Gasteiger charge is 2.38. The second-order valence-corrected chi connectivity index (χ2v) is 6.69. The number of nitrogen functional groups attached to an aromatic ring is 1. The standard InChI is InChI=1S/C10H15N3O2S/c1-10(4-5-16(14,15)7-10)13-9-3-2-8(11)6-12-9/h2-3,6H,4-5,7,11H2,1H3,(H,12,13). The van der Waals surface area contributed by atoms with Crippen molar-refractivity contribution in [2.45, 2.75) is 18.9 Å². The number of hydrogen-bond acceptors (Lipinski definition) is 5. The predicted molar refractivity (Wildman–Crippen MR) is 63.9 cm³/mol. The maximum Gasteiger partial charge on any atom is 0.152 e. The molecule has 2 heterocycles. The van der Waals surface area contributed by atoms with E-state index in [1.807, 2.05) is 6.92 Å². The van der Waals surface area contributed by atoms with Crippen LogP contribution in [0.4, 0.5) is 11.5 Å². The Kier molecular flexibility index (Phi) is 2.53. The average molecular weight is 241 g/mol. The molecule has 1 fully saturated rings. The first-order valence-electron chi connectivity index (χ1n) is 5.09. The van der Waals surface area contributed by atoms with Crippen LogP contribution in [0.15, 0.2) is 18.3 Å². The summed E-state index contributed by atoms with van der Waals surface area (Å²) in [6.45, 7) is 1.90. The van der Waals surface area contributed by atoms with Crippen molar-refractivity contribution in [3.05, 3.63) is 18.3 Å². The Balaban J connectivity index is 2.13. The molecule has 0 saturated carbocycles. The predicted octanol–water partition coefficient (Wildman–Crippen LogP) is 0.653. The molecule has 1 aliphatic heterocycles. The van der Waals surface area contributed by atoms with Crippen LogP contribution in [0, 0.1) is 0 Å². The summed E-state index contributed by atoms with van der Waals surface area (Å²) in [5.41, 5.74) is 5.70. The SMILES string of the molecule is CC1(Nc2ccc(N)cn2)CCS(=O)(=O)C1. The Morgan fingerprint density at radius 3 is 2.75 bits per heavy atom. The third-order valence-electron chi connectivity index (χ3n) is 2.72. The van der Waals surface area contributed by atoms with Crippen molar-refractivity contribution in [1.82, 2.24) is 4.98 Å². The number of nitrogens with two attached hydrogens (primary N) is 1. The van der Waals surface area contributed by atoms with Gasteiger partial charge >= 0.3 is 0 Å². The fourth-order valence-corrected chi connectivity index (χ4v) is 3.99. The highest BCUT2D eigenvalue weighted by atomic mass is 32.2. The zero-order valence-electron chi connectivity index (χ0n) is 9.10. The topological polar surface area (TPSA) is 85.1 Å². The lowest BCUT2D eigenvalue weighted by Gasteiger charge is -2.24. The Hall–Kier alpha value is -1.30. The monoisotopic (exact) mass is 241 g/mol. The molecular weight excluding hydrogens is 226 g/mol. The molecule has 16 heavy (non-hydrogen) atoms. The summed E-state index contributed by atoms with van der Waals surface area (Å²) in [7, 11) is -2.90. The van der Waals surface area contributed by atoms with Crippen LogP contribution < -0.4 is 11.1 Å². The fourth-order valence-electron chi connectivity index (χ4n) is 1.90. The van der Waals surface area contributed by atoms with E-state index in [2.05, 4.69) is 10.3 Å². The number of anilines is 2. The van der Waals surface area contributed by atoms with Crippen molar-refractivity contribution < 1.29 is 8.42 Å². The van der Waals surface area contributed by atoms with Gasteiger partial charge in [0.15, 0.2) is 9.84 Å². The lowest BCUT2D eigenvalue weighted by Crippen LogP contribution is -2.36. The zero-order chi connectivity index (χ0) is 11.8. The smallest absolute Gasteiger partial charge is 0.152 e. The molecule has 2 rings (SSSR count). The van der Waals surface area contributed by atoms with Gasteiger partial charge in [-0.25, -0.2) is 13.4 Å². The van der Waals surface area contributed by atoms with Gasteiger partial charge in [0.2, 0.25) is 0 Å². The molecule has 3 N–H and O–H groups in total. The number of nitrogens with one attached hydrogen (secondary N) is 1. The van der Waals surface area contributed by atoms with E-state index in [-0.39, 0.29) is 11.5 Å². The molecule has 0 amide bonds. The van der Waals surface area contributed by atoms with Crippen LogP contribution in [-0.2, 0) is 9.84 Å². The molecule has 5 nitrogen and oxygen atoms in total. The van der Waals surface area contributed by atoms with E-state index < -0.39 is 15.4 Å². The second kappa shape index (κ2) is 3.62. The molecule has 0 spiro atoms. The maximum atomic E-state index is 11.4. The largest absolute Gasteiger partial charge is 0.397 e. The van der Waals surface area contributed by atoms with Gasteiger partial charge in [-0.2, -0.15) is 0 Å². The van der Waals surface area contributed by atoms with Crippen LogP contribution >= 0.6 is 0 Å². The van der Waals surface area contributed by atoms with Gasteiger partial charge in [-0.3, -0.25) is 0 Å². The summed E-state index contributed by atoms with van der Waals surface area (Å²) >= 11 is 0. The van der Waals surface area contributed by atoms with Crippen molar-refractivity contribution in [2.24, 2.45) is 0 Å². The first-order chi connectivity index (χ1) is 7.39. The van der Waals surface area contributed by atoms with E-state index in [1.54, 1.807) is 18.3 Å². The van der Waals surface area contributed by atoms with Crippen molar-refractivity contribution in [2.75, 3.05) is 22.6 Å². The van der Waals surface area contributed by atoms with Crippen LogP contribution in [-0.4, -0.2) is 30.4 Å². The van der Waals surface area contributed by atoms with Crippen LogP contribution in [0.5, 0.6) is 0 Å². The molecule has 1 aliphatic rings. The van der Waals surface area contributed by atoms with Gasteiger partial charge in [0.25, 0.3) is 0 Å². The van der Waals surface area contributed by atoms with Gasteiger partial charge in [0, 0.05) is 0 Å². The number of rotatable bonds is 2. The minimum Gasteiger partial charge on any atom is -0.397 e. The zero-order valence-corrected chi connectivity index (χ0v) is 9.92. The molecule has 6 heteroatoms. The highest BCUT2D eigenvalue weighted by molar-refractivity contribution is 7.91. The minimum atomic E-state index is -2.90. The van der Waals surface area contributed by atoms with Gasteiger partial charge in [-0.05, 0) is 25.5 Å². The normalized spacial score (nSPS) is 27.8. The molecule has 1 unspecified atom stereocenters. The fraction of sp³-hybridized carbons (Fsp3) is 0.500. The van der Waals surface area contributed by atoms with E-state index in [4.69, 9.17) is 5.73 Å². The van der Waals surface area contributed by atoms with Crippen LogP contribution in [0.25, 0.3) is 0 Å². The van der Waals surface area contributed by atoms with Crippen LogP contribution in [0.2, 0.25) is 0 Å². The van der Waals surface area contributed by atoms with Crippen molar-refractivity contribution in [3.63, 3.8) is 0 Å². The molecule has 1 aromatic heterocycles. The molecule has 1 saturated heterocycles. The number of pyridine rings is 1. The summed E-state index contributed by atoms with van der Waals surface area (Å²) in [6, 6.07) is 3.49. The molecule has 0 bridgehead atoms. The van der Waals surface area contributed by atoms with Crippen molar-refractivity contribution >= 4 is 21.3 Å². The van der Waals surface area contributed by atoms with Gasteiger partial charge in [-0.15, -0.1) is 0 Å². The molecule has 0 radical (unpaired) electrons. The minimum absolute atomic E-state index is 0.159. The summed E-state index contributed by atoms with van der Waals surface area (Å²) in [5, 5.41) is 3.15. The summed E-state index contributed by atoms with van der Waals surface area (Å²) in [4.78, 5) is 4.10. The maximum absolute atomic E-state index is 11.4. The van der Waals surface area contributed by atoms with E-state index in [1.165, 1.54) is 0 Å². The van der Waals surface area contributed by atoms with E-state index in [0.717, 1.165) is 0 Å². The molecule has 1 atom stereocenters. The van der Waals surface area contributed by atoms with Crippen molar-refractivity contribution in [1.29, 1.82) is 0 Å². The lowest BCUT2D eigenvalue weighted by molar-refractivity contribution is 0.572. The van der Waals surface area contributed by atoms with Crippen LogP contribution in [0.3, 0.4) is 0 Å². The van der Waals surface area contributed by atoms with Crippen LogP contribution in [0.1, 0.15) is 13.3 Å². The lowest BCUT2D eigenvalue weighted by atomic mass is 10.0. The van der Waals surface area contributed by atoms with Crippen molar-refractivity contribution in [3.8, 4) is 0 Å². The van der Waals surface area contributed by atoms with Gasteiger partial charge in [0.05, 0.1) is 28.9 Å². The first-order valence-corrected chi connectivity index (χ1v) is 6.91. The summed E-state index contributed by atoms with van der Waals surface area (Å²) in [6.07, 6.45) is 2.16. The highest BCUT2D eigenvalue weighted by Crippen LogP contribution is 2.26. The third kappa shape index (κ3) is 2.44. The molecular formula is C10H15N3O2S. The van der Waals surface area contributed by atoms with Gasteiger partial charge in [0.1, 0.15) is 5.82 Å². The molecule has 0 aromatic carbocycles. The van der Waals surface area contributed by atoms with E-state index in [0.29, 0.717) is 17.9 Å². The Morgan fingerprint density at radius 1 is 1.50 bits per heavy atom. The number of hydrogen-bond donors (Lipinski definition) is 2. The van der Waals surface area contributed by atoms with E-state index in [9.17, 15) is 8.42 Å². The first kappa shape index (κ1) is 11.2. The summed E-state index contributed by atoms with van der Waals surface area (Å²) < 4.78 is 22.8. The van der Waals surface area contributed by atoms with Gasteiger partial charge in [-0.1, -0.05) is 0 Å². The van der Waals surface area contributed by atoms with Gasteiger partial charge < -0.3 is 11.1 Å². The average Bonchev–Trinajstić information content (AvgIpc) is 2.45. The Morgan fingerprint density at radius 2 is 2.25 bits per heavy atom. The summed E-state index contributed by atoms with van der Waals surface area (Å²) in [5.74, 6) is 1.06. The Bertz CT molecular complexity index is 483. The molecule has 88 valence electrons. The quantitative estimate of drug-likeness (QED) is 0.794. The Labute approximate surface area is 95.0 Å². The number of aromatic nitrogens is 1. The molecule has 0 aliphatic carbocycles. The third-order valence-corrected chi connectivity index (χ3v) is 4.62. The molecule has 1 aromatic rings. The number of sulfone groups is 1. The number of nitrogens with zero attached hydrogens (tertiary/aromatic N) is 1. The van der Waals surface area contributed by atoms with E-state index >= 15 is 0 Å². The second-order valence-electron chi connectivity index (χ2n) is 4.50.